The molecule has 3 heteroatoms. The first-order valence-corrected chi connectivity index (χ1v) is 6.38. The maximum Gasteiger partial charge on any atom is 0.0854 e. The van der Waals surface area contributed by atoms with Gasteiger partial charge in [-0.1, -0.05) is 19.8 Å². The van der Waals surface area contributed by atoms with E-state index in [-0.39, 0.29) is 11.6 Å². The lowest BCUT2D eigenvalue weighted by Gasteiger charge is -2.31. The van der Waals surface area contributed by atoms with Crippen molar-refractivity contribution in [2.45, 2.75) is 51.6 Å². The number of hydrogen-bond acceptors (Lipinski definition) is 3. The monoisotopic (exact) mass is 231 g/mol. The molecule has 2 atom stereocenters. The van der Waals surface area contributed by atoms with E-state index < -0.39 is 0 Å². The minimum Gasteiger partial charge on any atom is -0.399 e. The highest BCUT2D eigenvalue weighted by Crippen LogP contribution is 2.25. The quantitative estimate of drug-likeness (QED) is 0.793. The third-order valence-electron chi connectivity index (χ3n) is 3.64. The summed E-state index contributed by atoms with van der Waals surface area (Å²) in [5, 5.41) is 1.92. The Morgan fingerprint density at radius 3 is 2.82 bits per heavy atom. The van der Waals surface area contributed by atoms with E-state index in [1.807, 2.05) is 18.2 Å². The molecule has 1 aromatic rings. The van der Waals surface area contributed by atoms with Crippen LogP contribution < -0.4 is 16.4 Å². The van der Waals surface area contributed by atoms with E-state index in [0.717, 1.165) is 22.8 Å². The summed E-state index contributed by atoms with van der Waals surface area (Å²) < 4.78 is 0. The third kappa shape index (κ3) is 2.33. The fourth-order valence-electron chi connectivity index (χ4n) is 2.25. The Morgan fingerprint density at radius 1 is 1.35 bits per heavy atom. The van der Waals surface area contributed by atoms with E-state index in [0.29, 0.717) is 0 Å². The Hall–Kier alpha value is -1.38. The summed E-state index contributed by atoms with van der Waals surface area (Å²) in [6.45, 7) is 6.56. The number of anilines is 1. The topological polar surface area (TPSA) is 50.7 Å². The van der Waals surface area contributed by atoms with Gasteiger partial charge < -0.3 is 5.73 Å². The van der Waals surface area contributed by atoms with E-state index in [1.54, 1.807) is 0 Å². The molecule has 0 radical (unpaired) electrons. The standard InChI is InChI=1S/C14H21N3/c1-4-5-8-14(3)10(2)16-12-7-6-11(15)9-13(12)17-14/h6-7,9-10H,4-5,8,15H2,1-3H3. The number of fused-ring (bicyclic) bond motifs is 1. The largest absolute Gasteiger partial charge is 0.399 e. The lowest BCUT2D eigenvalue weighted by molar-refractivity contribution is 0.339. The van der Waals surface area contributed by atoms with Crippen LogP contribution in [0, 0.1) is 0 Å². The molecule has 0 amide bonds. The Bertz CT molecular complexity index is 521. The van der Waals surface area contributed by atoms with Crippen LogP contribution in [0.1, 0.15) is 40.0 Å². The molecule has 3 nitrogen and oxygen atoms in total. The summed E-state index contributed by atoms with van der Waals surface area (Å²) in [4.78, 5) is 9.63. The van der Waals surface area contributed by atoms with Gasteiger partial charge in [0.2, 0.25) is 0 Å². The summed E-state index contributed by atoms with van der Waals surface area (Å²) in [6, 6.07) is 6.02. The smallest absolute Gasteiger partial charge is 0.0854 e. The van der Waals surface area contributed by atoms with Crippen LogP contribution in [-0.2, 0) is 0 Å². The average molecular weight is 231 g/mol. The first-order valence-electron chi connectivity index (χ1n) is 6.38. The van der Waals surface area contributed by atoms with Gasteiger partial charge in [0.25, 0.3) is 0 Å². The van der Waals surface area contributed by atoms with Crippen LogP contribution in [0.25, 0.3) is 0 Å². The Labute approximate surface area is 102 Å². The van der Waals surface area contributed by atoms with E-state index in [4.69, 9.17) is 15.7 Å². The van der Waals surface area contributed by atoms with Gasteiger partial charge in [-0.05, 0) is 38.5 Å². The van der Waals surface area contributed by atoms with Gasteiger partial charge in [-0.25, -0.2) is 0 Å². The predicted molar refractivity (Wildman–Crippen MR) is 70.6 cm³/mol. The van der Waals surface area contributed by atoms with Gasteiger partial charge in [0.15, 0.2) is 0 Å². The van der Waals surface area contributed by atoms with E-state index >= 15 is 0 Å². The van der Waals surface area contributed by atoms with Crippen LogP contribution in [0.2, 0.25) is 0 Å². The van der Waals surface area contributed by atoms with Crippen molar-refractivity contribution in [1.29, 1.82) is 0 Å². The molecule has 2 N–H and O–H groups in total. The SMILES string of the molecule is CCCCC1(C)N=c2cc(N)ccc2=NC1C. The second kappa shape index (κ2) is 4.47. The molecular weight excluding hydrogens is 210 g/mol. The molecule has 2 unspecified atom stereocenters. The molecule has 0 fully saturated rings. The molecule has 0 aromatic heterocycles. The van der Waals surface area contributed by atoms with Gasteiger partial charge in [-0.2, -0.15) is 0 Å². The zero-order valence-electron chi connectivity index (χ0n) is 10.9. The molecule has 1 aromatic carbocycles. The Morgan fingerprint density at radius 2 is 2.12 bits per heavy atom. The normalized spacial score (nSPS) is 26.9. The summed E-state index contributed by atoms with van der Waals surface area (Å²) in [5.41, 5.74) is 6.49. The first kappa shape index (κ1) is 12.1. The van der Waals surface area contributed by atoms with Crippen molar-refractivity contribution in [3.63, 3.8) is 0 Å². The van der Waals surface area contributed by atoms with Gasteiger partial charge in [0.05, 0.1) is 22.3 Å². The van der Waals surface area contributed by atoms with Crippen molar-refractivity contribution in [3.8, 4) is 0 Å². The van der Waals surface area contributed by atoms with E-state index in [1.165, 1.54) is 12.8 Å². The zero-order chi connectivity index (χ0) is 12.5. The second-order valence-electron chi connectivity index (χ2n) is 5.13. The van der Waals surface area contributed by atoms with Crippen molar-refractivity contribution in [2.75, 3.05) is 5.73 Å². The molecule has 0 aliphatic carbocycles. The van der Waals surface area contributed by atoms with E-state index in [9.17, 15) is 0 Å². The number of rotatable bonds is 3. The summed E-state index contributed by atoms with van der Waals surface area (Å²) in [6.07, 6.45) is 3.47. The van der Waals surface area contributed by atoms with Gasteiger partial charge in [0.1, 0.15) is 0 Å². The third-order valence-corrected chi connectivity index (χ3v) is 3.64. The minimum absolute atomic E-state index is 0.0726. The van der Waals surface area contributed by atoms with Crippen LogP contribution in [0.15, 0.2) is 28.2 Å². The number of hydrogen-bond donors (Lipinski definition) is 1. The number of benzene rings is 1. The fraction of sp³-hybridized carbons (Fsp3) is 0.571. The van der Waals surface area contributed by atoms with Gasteiger partial charge >= 0.3 is 0 Å². The summed E-state index contributed by atoms with van der Waals surface area (Å²) >= 11 is 0. The van der Waals surface area contributed by atoms with Crippen LogP contribution in [0.4, 0.5) is 5.69 Å². The molecule has 17 heavy (non-hydrogen) atoms. The molecule has 0 spiro atoms. The number of nitrogens with two attached hydrogens (primary N) is 1. The van der Waals surface area contributed by atoms with Crippen LogP contribution >= 0.6 is 0 Å². The van der Waals surface area contributed by atoms with E-state index in [2.05, 4.69) is 20.8 Å². The van der Waals surface area contributed by atoms with Crippen molar-refractivity contribution in [1.82, 2.24) is 0 Å². The van der Waals surface area contributed by atoms with Crippen molar-refractivity contribution >= 4 is 5.69 Å². The second-order valence-corrected chi connectivity index (χ2v) is 5.13. The zero-order valence-corrected chi connectivity index (χ0v) is 10.9. The molecule has 1 heterocycles. The maximum absolute atomic E-state index is 5.80. The summed E-state index contributed by atoms with van der Waals surface area (Å²) in [5.74, 6) is 0. The molecule has 1 aliphatic rings. The molecule has 2 rings (SSSR count). The van der Waals surface area contributed by atoms with Gasteiger partial charge in [-0.3, -0.25) is 9.98 Å². The Kier molecular flexibility index (Phi) is 3.18. The highest BCUT2D eigenvalue weighted by molar-refractivity contribution is 5.36. The van der Waals surface area contributed by atoms with Crippen LogP contribution in [0.3, 0.4) is 0 Å². The lowest BCUT2D eigenvalue weighted by atomic mass is 9.87. The van der Waals surface area contributed by atoms with Gasteiger partial charge in [-0.15, -0.1) is 0 Å². The molecule has 0 saturated heterocycles. The molecular formula is C14H21N3. The van der Waals surface area contributed by atoms with Crippen molar-refractivity contribution in [3.05, 3.63) is 28.9 Å². The predicted octanol–water partition coefficient (Wildman–Crippen LogP) is 1.86. The fourth-order valence-corrected chi connectivity index (χ4v) is 2.25. The maximum atomic E-state index is 5.80. The first-order chi connectivity index (χ1) is 8.05. The summed E-state index contributed by atoms with van der Waals surface area (Å²) in [7, 11) is 0. The molecule has 0 saturated carbocycles. The van der Waals surface area contributed by atoms with Crippen LogP contribution in [-0.4, -0.2) is 11.6 Å². The van der Waals surface area contributed by atoms with Crippen LogP contribution in [0.5, 0.6) is 0 Å². The molecule has 92 valence electrons. The molecule has 1 aliphatic heterocycles. The van der Waals surface area contributed by atoms with Gasteiger partial charge in [0, 0.05) is 5.69 Å². The number of unbranched alkanes of at least 4 members (excludes halogenated alkanes) is 1. The minimum atomic E-state index is -0.0726. The highest BCUT2D eigenvalue weighted by Gasteiger charge is 2.31. The lowest BCUT2D eigenvalue weighted by Crippen LogP contribution is -2.45. The number of nitrogens with zero attached hydrogens (tertiary/aromatic N) is 2. The highest BCUT2D eigenvalue weighted by atomic mass is 15.0. The number of nitrogen functional groups attached to an aromatic ring is 1. The average Bonchev–Trinajstić information content (AvgIpc) is 2.29. The van der Waals surface area contributed by atoms with Crippen molar-refractivity contribution in [2.24, 2.45) is 9.98 Å². The Balaban J connectivity index is 2.47. The van der Waals surface area contributed by atoms with Crippen molar-refractivity contribution < 1.29 is 0 Å². The molecule has 0 bridgehead atoms.